The number of halogens is 1. The SMILES string of the molecule is O=C(O)c1cc(NN=C2CCCc3ccccc32)ccc1Cl. The number of rotatable bonds is 3. The maximum atomic E-state index is 11.1. The molecule has 0 atom stereocenters. The van der Waals surface area contributed by atoms with Gasteiger partial charge in [0.25, 0.3) is 0 Å². The average Bonchev–Trinajstić information content (AvgIpc) is 2.53. The van der Waals surface area contributed by atoms with Crippen molar-refractivity contribution in [2.75, 3.05) is 5.43 Å². The summed E-state index contributed by atoms with van der Waals surface area (Å²) in [4.78, 5) is 11.1. The van der Waals surface area contributed by atoms with Gasteiger partial charge in [0.2, 0.25) is 0 Å². The average molecular weight is 315 g/mol. The smallest absolute Gasteiger partial charge is 0.337 e. The van der Waals surface area contributed by atoms with Gasteiger partial charge in [0, 0.05) is 5.56 Å². The van der Waals surface area contributed by atoms with E-state index in [9.17, 15) is 4.79 Å². The number of nitrogens with one attached hydrogen (secondary N) is 1. The predicted molar refractivity (Wildman–Crippen MR) is 88.0 cm³/mol. The number of fused-ring (bicyclic) bond motifs is 1. The Morgan fingerprint density at radius 2 is 2.00 bits per heavy atom. The number of carboxylic acid groups (broad SMARTS) is 1. The fourth-order valence-corrected chi connectivity index (χ4v) is 2.81. The van der Waals surface area contributed by atoms with Crippen molar-refractivity contribution < 1.29 is 9.90 Å². The van der Waals surface area contributed by atoms with Gasteiger partial charge in [-0.15, -0.1) is 0 Å². The molecule has 0 aliphatic heterocycles. The van der Waals surface area contributed by atoms with Gasteiger partial charge in [-0.2, -0.15) is 5.10 Å². The van der Waals surface area contributed by atoms with Crippen LogP contribution in [0, 0.1) is 0 Å². The Labute approximate surface area is 133 Å². The first-order chi connectivity index (χ1) is 10.6. The maximum Gasteiger partial charge on any atom is 0.337 e. The van der Waals surface area contributed by atoms with Gasteiger partial charge in [-0.1, -0.05) is 35.9 Å². The zero-order chi connectivity index (χ0) is 15.5. The van der Waals surface area contributed by atoms with Crippen LogP contribution in [-0.4, -0.2) is 16.8 Å². The van der Waals surface area contributed by atoms with Crippen molar-refractivity contribution in [3.05, 3.63) is 64.2 Å². The quantitative estimate of drug-likeness (QED) is 0.835. The molecule has 0 heterocycles. The number of nitrogens with zero attached hydrogens (tertiary/aromatic N) is 1. The van der Waals surface area contributed by atoms with Crippen molar-refractivity contribution in [2.24, 2.45) is 5.10 Å². The number of aromatic carboxylic acids is 1. The van der Waals surface area contributed by atoms with E-state index < -0.39 is 5.97 Å². The molecule has 3 rings (SSSR count). The largest absolute Gasteiger partial charge is 0.478 e. The number of aryl methyl sites for hydroxylation is 1. The van der Waals surface area contributed by atoms with E-state index in [1.54, 1.807) is 12.1 Å². The second kappa shape index (κ2) is 6.20. The third-order valence-corrected chi connectivity index (χ3v) is 4.03. The lowest BCUT2D eigenvalue weighted by atomic mass is 9.90. The first-order valence-electron chi connectivity index (χ1n) is 7.09. The first kappa shape index (κ1) is 14.6. The van der Waals surface area contributed by atoms with Gasteiger partial charge >= 0.3 is 5.97 Å². The number of hydrogen-bond donors (Lipinski definition) is 2. The third kappa shape index (κ3) is 2.97. The molecule has 0 amide bonds. The Bertz CT molecular complexity index is 756. The highest BCUT2D eigenvalue weighted by atomic mass is 35.5. The molecule has 0 fully saturated rings. The minimum absolute atomic E-state index is 0.0657. The molecule has 1 aliphatic rings. The summed E-state index contributed by atoms with van der Waals surface area (Å²) in [6, 6.07) is 13.0. The molecule has 5 heteroatoms. The molecule has 2 aromatic rings. The number of anilines is 1. The van der Waals surface area contributed by atoms with Crippen LogP contribution in [0.25, 0.3) is 0 Å². The van der Waals surface area contributed by atoms with Gasteiger partial charge in [0.05, 0.1) is 22.0 Å². The lowest BCUT2D eigenvalue weighted by molar-refractivity contribution is 0.0697. The molecule has 112 valence electrons. The van der Waals surface area contributed by atoms with Crippen LogP contribution in [0.1, 0.15) is 34.3 Å². The van der Waals surface area contributed by atoms with Gasteiger partial charge in [-0.25, -0.2) is 4.79 Å². The molecule has 0 unspecified atom stereocenters. The van der Waals surface area contributed by atoms with Gasteiger partial charge in [-0.3, -0.25) is 5.43 Å². The van der Waals surface area contributed by atoms with Crippen molar-refractivity contribution in [2.45, 2.75) is 19.3 Å². The predicted octanol–water partition coefficient (Wildman–Crippen LogP) is 4.19. The van der Waals surface area contributed by atoms with Gasteiger partial charge < -0.3 is 5.11 Å². The normalized spacial score (nSPS) is 15.4. The molecule has 0 aromatic heterocycles. The van der Waals surface area contributed by atoms with Crippen molar-refractivity contribution in [3.63, 3.8) is 0 Å². The first-order valence-corrected chi connectivity index (χ1v) is 7.46. The summed E-state index contributed by atoms with van der Waals surface area (Å²) in [5.41, 5.74) is 7.08. The summed E-state index contributed by atoms with van der Waals surface area (Å²) < 4.78 is 0. The summed E-state index contributed by atoms with van der Waals surface area (Å²) >= 11 is 5.86. The number of hydrogen-bond acceptors (Lipinski definition) is 3. The van der Waals surface area contributed by atoms with Gasteiger partial charge in [0.15, 0.2) is 0 Å². The number of benzene rings is 2. The monoisotopic (exact) mass is 314 g/mol. The molecule has 0 saturated heterocycles. The van der Waals surface area contributed by atoms with E-state index in [0.717, 1.165) is 30.5 Å². The topological polar surface area (TPSA) is 61.7 Å². The van der Waals surface area contributed by atoms with Crippen molar-refractivity contribution in [3.8, 4) is 0 Å². The highest BCUT2D eigenvalue weighted by Crippen LogP contribution is 2.23. The zero-order valence-corrected chi connectivity index (χ0v) is 12.6. The summed E-state index contributed by atoms with van der Waals surface area (Å²) in [6.45, 7) is 0. The van der Waals surface area contributed by atoms with E-state index in [1.165, 1.54) is 11.6 Å². The maximum absolute atomic E-state index is 11.1. The van der Waals surface area contributed by atoms with E-state index in [2.05, 4.69) is 22.7 Å². The summed E-state index contributed by atoms with van der Waals surface area (Å²) in [7, 11) is 0. The molecular formula is C17H15ClN2O2. The minimum Gasteiger partial charge on any atom is -0.478 e. The van der Waals surface area contributed by atoms with Crippen LogP contribution in [0.15, 0.2) is 47.6 Å². The van der Waals surface area contributed by atoms with E-state index >= 15 is 0 Å². The van der Waals surface area contributed by atoms with Gasteiger partial charge in [0.1, 0.15) is 0 Å². The summed E-state index contributed by atoms with van der Waals surface area (Å²) in [5, 5.41) is 13.8. The van der Waals surface area contributed by atoms with Crippen LogP contribution >= 0.6 is 11.6 Å². The molecule has 2 N–H and O–H groups in total. The van der Waals surface area contributed by atoms with Crippen molar-refractivity contribution >= 4 is 29.0 Å². The molecule has 0 saturated carbocycles. The molecule has 0 spiro atoms. The minimum atomic E-state index is -1.05. The Balaban J connectivity index is 1.86. The highest BCUT2D eigenvalue weighted by Gasteiger charge is 2.15. The lowest BCUT2D eigenvalue weighted by Crippen LogP contribution is -2.13. The van der Waals surface area contributed by atoms with Gasteiger partial charge in [-0.05, 0) is 43.0 Å². The molecule has 1 aliphatic carbocycles. The van der Waals surface area contributed by atoms with E-state index in [-0.39, 0.29) is 10.6 Å². The van der Waals surface area contributed by atoms with Crippen LogP contribution in [0.3, 0.4) is 0 Å². The molecule has 0 bridgehead atoms. The molecular weight excluding hydrogens is 300 g/mol. The lowest BCUT2D eigenvalue weighted by Gasteiger charge is -2.17. The van der Waals surface area contributed by atoms with Crippen LogP contribution in [0.5, 0.6) is 0 Å². The van der Waals surface area contributed by atoms with Crippen molar-refractivity contribution in [1.29, 1.82) is 0 Å². The van der Waals surface area contributed by atoms with Crippen LogP contribution in [0.2, 0.25) is 5.02 Å². The molecule has 22 heavy (non-hydrogen) atoms. The van der Waals surface area contributed by atoms with Crippen LogP contribution < -0.4 is 5.43 Å². The number of carbonyl (C=O) groups is 1. The molecule has 4 nitrogen and oxygen atoms in total. The van der Waals surface area contributed by atoms with Crippen molar-refractivity contribution in [1.82, 2.24) is 0 Å². The fourth-order valence-electron chi connectivity index (χ4n) is 2.61. The fraction of sp³-hybridized carbons (Fsp3) is 0.176. The highest BCUT2D eigenvalue weighted by molar-refractivity contribution is 6.33. The zero-order valence-electron chi connectivity index (χ0n) is 11.8. The second-order valence-corrected chi connectivity index (χ2v) is 5.59. The standard InChI is InChI=1S/C17H15ClN2O2/c18-15-9-8-12(10-14(15)17(21)22)19-20-16-7-3-5-11-4-1-2-6-13(11)16/h1-2,4,6,8-10,19H,3,5,7H2,(H,21,22). The van der Waals surface area contributed by atoms with E-state index in [1.807, 2.05) is 12.1 Å². The Hall–Kier alpha value is -2.33. The second-order valence-electron chi connectivity index (χ2n) is 5.18. The Kier molecular flexibility index (Phi) is 4.11. The van der Waals surface area contributed by atoms with Crippen LogP contribution in [0.4, 0.5) is 5.69 Å². The number of hydrazone groups is 1. The molecule has 0 radical (unpaired) electrons. The molecule has 2 aromatic carbocycles. The third-order valence-electron chi connectivity index (χ3n) is 3.70. The summed E-state index contributed by atoms with van der Waals surface area (Å²) in [5.74, 6) is -1.05. The number of carboxylic acids is 1. The Morgan fingerprint density at radius 3 is 2.82 bits per heavy atom. The Morgan fingerprint density at radius 1 is 1.18 bits per heavy atom. The van der Waals surface area contributed by atoms with E-state index in [0.29, 0.717) is 5.69 Å². The van der Waals surface area contributed by atoms with E-state index in [4.69, 9.17) is 16.7 Å². The van der Waals surface area contributed by atoms with Crippen LogP contribution in [-0.2, 0) is 6.42 Å². The summed E-state index contributed by atoms with van der Waals surface area (Å²) in [6.07, 6.45) is 3.04.